The summed E-state index contributed by atoms with van der Waals surface area (Å²) in [7, 11) is 0. The summed E-state index contributed by atoms with van der Waals surface area (Å²) in [4.78, 5) is 0. The predicted molar refractivity (Wildman–Crippen MR) is 62.2 cm³/mol. The van der Waals surface area contributed by atoms with E-state index in [0.29, 0.717) is 6.10 Å². The number of hydrogen-bond donors (Lipinski definition) is 1. The van der Waals surface area contributed by atoms with Gasteiger partial charge < -0.3 is 9.84 Å². The van der Waals surface area contributed by atoms with Crippen molar-refractivity contribution in [3.63, 3.8) is 0 Å². The molecule has 15 heavy (non-hydrogen) atoms. The van der Waals surface area contributed by atoms with Crippen molar-refractivity contribution in [3.05, 3.63) is 22.4 Å². The Labute approximate surface area is 94.9 Å². The fourth-order valence-electron chi connectivity index (χ4n) is 2.03. The molecule has 1 saturated heterocycles. The van der Waals surface area contributed by atoms with Gasteiger partial charge in [-0.15, -0.1) is 0 Å². The maximum atomic E-state index is 9.83. The number of aliphatic hydroxyl groups excluding tert-OH is 1. The Morgan fingerprint density at radius 2 is 2.53 bits per heavy atom. The first-order valence-corrected chi connectivity index (χ1v) is 6.59. The van der Waals surface area contributed by atoms with Gasteiger partial charge in [0.15, 0.2) is 0 Å². The molecular weight excluding hydrogens is 208 g/mol. The van der Waals surface area contributed by atoms with E-state index < -0.39 is 0 Å². The van der Waals surface area contributed by atoms with Crippen LogP contribution in [0.1, 0.15) is 31.2 Å². The lowest BCUT2D eigenvalue weighted by atomic mass is 10.0. The highest BCUT2D eigenvalue weighted by molar-refractivity contribution is 7.07. The van der Waals surface area contributed by atoms with Gasteiger partial charge in [0, 0.05) is 6.61 Å². The fraction of sp³-hybridized carbons (Fsp3) is 0.667. The van der Waals surface area contributed by atoms with E-state index in [1.165, 1.54) is 18.4 Å². The maximum Gasteiger partial charge on any atom is 0.0581 e. The highest BCUT2D eigenvalue weighted by Crippen LogP contribution is 2.19. The minimum absolute atomic E-state index is 0.205. The summed E-state index contributed by atoms with van der Waals surface area (Å²) >= 11 is 1.69. The zero-order chi connectivity index (χ0) is 10.5. The SMILES string of the molecule is OC(CCC1CCCO1)Cc1ccsc1. The Balaban J connectivity index is 1.66. The van der Waals surface area contributed by atoms with Crippen LogP contribution in [0.4, 0.5) is 0 Å². The maximum absolute atomic E-state index is 9.83. The number of hydrogen-bond acceptors (Lipinski definition) is 3. The zero-order valence-corrected chi connectivity index (χ0v) is 9.71. The molecule has 84 valence electrons. The van der Waals surface area contributed by atoms with Gasteiger partial charge in [-0.2, -0.15) is 11.3 Å². The Morgan fingerprint density at radius 1 is 1.60 bits per heavy atom. The van der Waals surface area contributed by atoms with E-state index in [2.05, 4.69) is 16.8 Å². The van der Waals surface area contributed by atoms with Crippen molar-refractivity contribution in [2.75, 3.05) is 6.61 Å². The van der Waals surface area contributed by atoms with Crippen LogP contribution in [0, 0.1) is 0 Å². The molecule has 0 aliphatic carbocycles. The van der Waals surface area contributed by atoms with Gasteiger partial charge in [-0.05, 0) is 54.5 Å². The summed E-state index contributed by atoms with van der Waals surface area (Å²) in [6.45, 7) is 0.908. The molecule has 0 saturated carbocycles. The molecule has 2 nitrogen and oxygen atoms in total. The normalized spacial score (nSPS) is 23.1. The average Bonchev–Trinajstić information content (AvgIpc) is 2.86. The molecule has 1 fully saturated rings. The highest BCUT2D eigenvalue weighted by atomic mass is 32.1. The van der Waals surface area contributed by atoms with Crippen LogP contribution in [0.3, 0.4) is 0 Å². The molecule has 2 atom stereocenters. The summed E-state index contributed by atoms with van der Waals surface area (Å²) in [6, 6.07) is 2.08. The van der Waals surface area contributed by atoms with Crippen LogP contribution in [0.25, 0.3) is 0 Å². The van der Waals surface area contributed by atoms with E-state index in [1.807, 2.05) is 0 Å². The second kappa shape index (κ2) is 5.64. The molecule has 1 aromatic heterocycles. The van der Waals surface area contributed by atoms with E-state index in [9.17, 15) is 5.11 Å². The van der Waals surface area contributed by atoms with Crippen LogP contribution in [0.5, 0.6) is 0 Å². The van der Waals surface area contributed by atoms with E-state index in [-0.39, 0.29) is 6.10 Å². The minimum Gasteiger partial charge on any atom is -0.393 e. The molecule has 1 aliphatic heterocycles. The van der Waals surface area contributed by atoms with Crippen molar-refractivity contribution in [2.45, 2.75) is 44.3 Å². The second-order valence-corrected chi connectivity index (χ2v) is 4.98. The number of aliphatic hydroxyl groups is 1. The molecule has 1 N–H and O–H groups in total. The van der Waals surface area contributed by atoms with E-state index in [4.69, 9.17) is 4.74 Å². The fourth-order valence-corrected chi connectivity index (χ4v) is 2.71. The summed E-state index contributed by atoms with van der Waals surface area (Å²) in [6.07, 6.45) is 5.21. The molecule has 2 heterocycles. The molecule has 1 aliphatic rings. The largest absolute Gasteiger partial charge is 0.393 e. The summed E-state index contributed by atoms with van der Waals surface area (Å²) in [5.74, 6) is 0. The van der Waals surface area contributed by atoms with Gasteiger partial charge >= 0.3 is 0 Å². The van der Waals surface area contributed by atoms with Crippen molar-refractivity contribution in [1.29, 1.82) is 0 Å². The van der Waals surface area contributed by atoms with Crippen molar-refractivity contribution >= 4 is 11.3 Å². The second-order valence-electron chi connectivity index (χ2n) is 4.20. The van der Waals surface area contributed by atoms with Gasteiger partial charge in [-0.3, -0.25) is 0 Å². The first-order valence-electron chi connectivity index (χ1n) is 5.65. The van der Waals surface area contributed by atoms with Crippen LogP contribution in [0.2, 0.25) is 0 Å². The highest BCUT2D eigenvalue weighted by Gasteiger charge is 2.17. The first-order chi connectivity index (χ1) is 7.34. The van der Waals surface area contributed by atoms with Gasteiger partial charge in [-0.25, -0.2) is 0 Å². The molecule has 0 bridgehead atoms. The number of rotatable bonds is 5. The molecular formula is C12H18O2S. The molecule has 2 unspecified atom stereocenters. The van der Waals surface area contributed by atoms with Crippen molar-refractivity contribution < 1.29 is 9.84 Å². The van der Waals surface area contributed by atoms with Gasteiger partial charge in [0.2, 0.25) is 0 Å². The third-order valence-electron chi connectivity index (χ3n) is 2.90. The van der Waals surface area contributed by atoms with Crippen molar-refractivity contribution in [2.24, 2.45) is 0 Å². The lowest BCUT2D eigenvalue weighted by Crippen LogP contribution is -2.14. The van der Waals surface area contributed by atoms with Crippen molar-refractivity contribution in [3.8, 4) is 0 Å². The monoisotopic (exact) mass is 226 g/mol. The topological polar surface area (TPSA) is 29.5 Å². The molecule has 0 radical (unpaired) electrons. The number of ether oxygens (including phenoxy) is 1. The van der Waals surface area contributed by atoms with Gasteiger partial charge in [0.25, 0.3) is 0 Å². The smallest absolute Gasteiger partial charge is 0.0581 e. The van der Waals surface area contributed by atoms with E-state index in [1.54, 1.807) is 11.3 Å². The Hall–Kier alpha value is -0.380. The van der Waals surface area contributed by atoms with Gasteiger partial charge in [0.1, 0.15) is 0 Å². The summed E-state index contributed by atoms with van der Waals surface area (Å²) in [5, 5.41) is 14.0. The standard InChI is InChI=1S/C12H18O2S/c13-11(8-10-5-7-15-9-10)3-4-12-2-1-6-14-12/h5,7,9,11-13H,1-4,6,8H2. The van der Waals surface area contributed by atoms with Crippen LogP contribution in [-0.2, 0) is 11.2 Å². The lowest BCUT2D eigenvalue weighted by molar-refractivity contribution is 0.0813. The third-order valence-corrected chi connectivity index (χ3v) is 3.63. The summed E-state index contributed by atoms with van der Waals surface area (Å²) < 4.78 is 5.53. The Morgan fingerprint density at radius 3 is 3.20 bits per heavy atom. The van der Waals surface area contributed by atoms with Crippen LogP contribution in [-0.4, -0.2) is 23.9 Å². The van der Waals surface area contributed by atoms with E-state index >= 15 is 0 Å². The first kappa shape index (κ1) is 11.1. The lowest BCUT2D eigenvalue weighted by Gasteiger charge is -2.13. The van der Waals surface area contributed by atoms with Gasteiger partial charge in [-0.1, -0.05) is 0 Å². The molecule has 2 rings (SSSR count). The van der Waals surface area contributed by atoms with Crippen LogP contribution >= 0.6 is 11.3 Å². The van der Waals surface area contributed by atoms with E-state index in [0.717, 1.165) is 25.9 Å². The predicted octanol–water partition coefficient (Wildman–Crippen LogP) is 2.61. The Bertz CT molecular complexity index is 265. The molecule has 3 heteroatoms. The zero-order valence-electron chi connectivity index (χ0n) is 8.89. The van der Waals surface area contributed by atoms with Crippen LogP contribution < -0.4 is 0 Å². The molecule has 0 aromatic carbocycles. The number of thiophene rings is 1. The van der Waals surface area contributed by atoms with Crippen molar-refractivity contribution in [1.82, 2.24) is 0 Å². The third kappa shape index (κ3) is 3.59. The molecule has 1 aromatic rings. The summed E-state index contributed by atoms with van der Waals surface area (Å²) in [5.41, 5.74) is 1.25. The van der Waals surface area contributed by atoms with Crippen LogP contribution in [0.15, 0.2) is 16.8 Å². The quantitative estimate of drug-likeness (QED) is 0.836. The molecule has 0 spiro atoms. The minimum atomic E-state index is -0.205. The Kier molecular flexibility index (Phi) is 4.18. The van der Waals surface area contributed by atoms with Gasteiger partial charge in [0.05, 0.1) is 12.2 Å². The molecule has 0 amide bonds. The average molecular weight is 226 g/mol.